The van der Waals surface area contributed by atoms with Gasteiger partial charge < -0.3 is 10.1 Å². The maximum Gasteiger partial charge on any atom is 0.321 e. The number of nitrogens with one attached hydrogen (secondary N) is 1. The highest BCUT2D eigenvalue weighted by Crippen LogP contribution is 2.37. The van der Waals surface area contributed by atoms with E-state index in [2.05, 4.69) is 26.0 Å². The number of carbonyl (C=O) groups is 2. The minimum Gasteiger partial charge on any atom is -0.468 e. The molecule has 0 aromatic rings. The summed E-state index contributed by atoms with van der Waals surface area (Å²) in [5.74, 6) is -0.324. The summed E-state index contributed by atoms with van der Waals surface area (Å²) in [5.41, 5.74) is -0.247. The summed E-state index contributed by atoms with van der Waals surface area (Å²) in [6.07, 6.45) is 4.09. The van der Waals surface area contributed by atoms with E-state index < -0.39 is 4.83 Å². The van der Waals surface area contributed by atoms with E-state index in [1.165, 1.54) is 7.11 Å². The molecule has 16 heavy (non-hydrogen) atoms. The Kier molecular flexibility index (Phi) is 4.77. The van der Waals surface area contributed by atoms with E-state index in [9.17, 15) is 9.59 Å². The van der Waals surface area contributed by atoms with Crippen LogP contribution in [0.2, 0.25) is 0 Å². The Morgan fingerprint density at radius 1 is 1.44 bits per heavy atom. The zero-order valence-corrected chi connectivity index (χ0v) is 11.3. The molecule has 0 aromatic heterocycles. The Morgan fingerprint density at radius 2 is 2.00 bits per heavy atom. The molecule has 1 atom stereocenters. The van der Waals surface area contributed by atoms with Crippen LogP contribution in [0.1, 0.15) is 32.6 Å². The van der Waals surface area contributed by atoms with E-state index in [1.807, 2.05) is 6.92 Å². The van der Waals surface area contributed by atoms with Crippen molar-refractivity contribution in [3.8, 4) is 0 Å². The molecule has 0 heterocycles. The fourth-order valence-corrected chi connectivity index (χ4v) is 2.34. The number of rotatable bonds is 4. The molecule has 0 saturated heterocycles. The lowest BCUT2D eigenvalue weighted by atomic mass is 9.88. The van der Waals surface area contributed by atoms with Crippen LogP contribution in [0.15, 0.2) is 0 Å². The van der Waals surface area contributed by atoms with E-state index in [4.69, 9.17) is 0 Å². The highest BCUT2D eigenvalue weighted by Gasteiger charge is 2.36. The molecule has 1 aliphatic rings. The van der Waals surface area contributed by atoms with Crippen LogP contribution in [0.4, 0.5) is 0 Å². The van der Waals surface area contributed by atoms with Gasteiger partial charge in [0, 0.05) is 12.0 Å². The van der Waals surface area contributed by atoms with Crippen molar-refractivity contribution in [2.45, 2.75) is 37.4 Å². The molecule has 4 nitrogen and oxygen atoms in total. The second-order valence-corrected chi connectivity index (χ2v) is 5.57. The van der Waals surface area contributed by atoms with Gasteiger partial charge in [-0.25, -0.2) is 0 Å². The molecule has 0 spiro atoms. The largest absolute Gasteiger partial charge is 0.468 e. The number of hydrogen-bond donors (Lipinski definition) is 1. The second-order valence-electron chi connectivity index (χ2n) is 4.47. The standard InChI is InChI=1S/C11H18BrNO3/c1-11(5-3-4-6-11)10(15)13-7-8(12)9(14)16-2/h8H,3-7H2,1-2H3,(H,13,15). The lowest BCUT2D eigenvalue weighted by Gasteiger charge is -2.22. The van der Waals surface area contributed by atoms with Gasteiger partial charge in [0.2, 0.25) is 5.91 Å². The molecule has 0 aromatic carbocycles. The molecule has 1 amide bonds. The molecule has 1 N–H and O–H groups in total. The molecule has 1 aliphatic carbocycles. The van der Waals surface area contributed by atoms with Crippen molar-refractivity contribution in [2.75, 3.05) is 13.7 Å². The molecule has 1 rings (SSSR count). The van der Waals surface area contributed by atoms with Gasteiger partial charge in [-0.3, -0.25) is 9.59 Å². The average Bonchev–Trinajstić information content (AvgIpc) is 2.72. The summed E-state index contributed by atoms with van der Waals surface area (Å²) in [6.45, 7) is 2.26. The average molecular weight is 292 g/mol. The predicted octanol–water partition coefficient (Wildman–Crippen LogP) is 1.62. The van der Waals surface area contributed by atoms with Crippen LogP contribution in [-0.4, -0.2) is 30.4 Å². The van der Waals surface area contributed by atoms with Crippen molar-refractivity contribution < 1.29 is 14.3 Å². The van der Waals surface area contributed by atoms with E-state index in [0.717, 1.165) is 25.7 Å². The summed E-state index contributed by atoms with van der Waals surface area (Å²) in [4.78, 5) is 22.5. The first-order valence-electron chi connectivity index (χ1n) is 5.50. The molecule has 92 valence electrons. The highest BCUT2D eigenvalue weighted by molar-refractivity contribution is 9.10. The summed E-state index contributed by atoms with van der Waals surface area (Å²) in [7, 11) is 1.33. The van der Waals surface area contributed by atoms with Crippen LogP contribution in [-0.2, 0) is 14.3 Å². The zero-order valence-electron chi connectivity index (χ0n) is 9.72. The van der Waals surface area contributed by atoms with Crippen LogP contribution >= 0.6 is 15.9 Å². The van der Waals surface area contributed by atoms with Crippen molar-refractivity contribution in [2.24, 2.45) is 5.41 Å². The first-order chi connectivity index (χ1) is 7.49. The number of amides is 1. The number of ether oxygens (including phenoxy) is 1. The molecule has 1 saturated carbocycles. The fraction of sp³-hybridized carbons (Fsp3) is 0.818. The number of halogens is 1. The third-order valence-electron chi connectivity index (χ3n) is 3.15. The first-order valence-corrected chi connectivity index (χ1v) is 6.41. The molecule has 1 fully saturated rings. The van der Waals surface area contributed by atoms with Crippen LogP contribution in [0, 0.1) is 5.41 Å². The lowest BCUT2D eigenvalue weighted by molar-refractivity contribution is -0.139. The van der Waals surface area contributed by atoms with Gasteiger partial charge in [0.1, 0.15) is 4.83 Å². The quantitative estimate of drug-likeness (QED) is 0.633. The van der Waals surface area contributed by atoms with Crippen LogP contribution in [0.25, 0.3) is 0 Å². The van der Waals surface area contributed by atoms with Gasteiger partial charge in [-0.15, -0.1) is 0 Å². The van der Waals surface area contributed by atoms with Crippen LogP contribution in [0.3, 0.4) is 0 Å². The maximum atomic E-state index is 11.9. The molecule has 0 aliphatic heterocycles. The number of methoxy groups -OCH3 is 1. The van der Waals surface area contributed by atoms with Gasteiger partial charge in [0.15, 0.2) is 0 Å². The molecule has 1 unspecified atom stereocenters. The first kappa shape index (κ1) is 13.5. The molecule has 0 bridgehead atoms. The monoisotopic (exact) mass is 291 g/mol. The smallest absolute Gasteiger partial charge is 0.321 e. The van der Waals surface area contributed by atoms with E-state index in [0.29, 0.717) is 0 Å². The number of alkyl halides is 1. The molecule has 0 radical (unpaired) electrons. The molecular formula is C11H18BrNO3. The number of hydrogen-bond acceptors (Lipinski definition) is 3. The van der Waals surface area contributed by atoms with E-state index in [-0.39, 0.29) is 23.8 Å². The topological polar surface area (TPSA) is 55.4 Å². The highest BCUT2D eigenvalue weighted by atomic mass is 79.9. The van der Waals surface area contributed by atoms with Crippen molar-refractivity contribution in [3.05, 3.63) is 0 Å². The Morgan fingerprint density at radius 3 is 2.50 bits per heavy atom. The Hall–Kier alpha value is -0.580. The fourth-order valence-electron chi connectivity index (χ4n) is 1.99. The molecular weight excluding hydrogens is 274 g/mol. The predicted molar refractivity (Wildman–Crippen MR) is 64.3 cm³/mol. The maximum absolute atomic E-state index is 11.9. The van der Waals surface area contributed by atoms with Crippen LogP contribution < -0.4 is 5.32 Å². The number of carbonyl (C=O) groups excluding carboxylic acids is 2. The normalized spacial score (nSPS) is 20.2. The van der Waals surface area contributed by atoms with Crippen LogP contribution in [0.5, 0.6) is 0 Å². The second kappa shape index (κ2) is 5.66. The summed E-state index contributed by atoms with van der Waals surface area (Å²) >= 11 is 3.17. The Balaban J connectivity index is 2.37. The Labute approximate surface area is 104 Å². The van der Waals surface area contributed by atoms with Gasteiger partial charge in [-0.05, 0) is 12.8 Å². The summed E-state index contributed by atoms with van der Waals surface area (Å²) in [5, 5.41) is 2.79. The Bertz CT molecular complexity index is 274. The van der Waals surface area contributed by atoms with Crippen molar-refractivity contribution in [3.63, 3.8) is 0 Å². The minimum absolute atomic E-state index is 0.0401. The van der Waals surface area contributed by atoms with Crippen molar-refractivity contribution in [1.82, 2.24) is 5.32 Å². The van der Waals surface area contributed by atoms with Crippen molar-refractivity contribution >= 4 is 27.8 Å². The van der Waals surface area contributed by atoms with Gasteiger partial charge in [0.25, 0.3) is 0 Å². The van der Waals surface area contributed by atoms with E-state index >= 15 is 0 Å². The summed E-state index contributed by atoms with van der Waals surface area (Å²) in [6, 6.07) is 0. The minimum atomic E-state index is -0.466. The van der Waals surface area contributed by atoms with Crippen molar-refractivity contribution in [1.29, 1.82) is 0 Å². The molecule has 5 heteroatoms. The van der Waals surface area contributed by atoms with Gasteiger partial charge in [-0.1, -0.05) is 35.7 Å². The third-order valence-corrected chi connectivity index (χ3v) is 3.85. The van der Waals surface area contributed by atoms with Gasteiger partial charge >= 0.3 is 5.97 Å². The third kappa shape index (κ3) is 3.20. The number of esters is 1. The zero-order chi connectivity index (χ0) is 12.2. The van der Waals surface area contributed by atoms with Gasteiger partial charge in [-0.2, -0.15) is 0 Å². The van der Waals surface area contributed by atoms with Gasteiger partial charge in [0.05, 0.1) is 7.11 Å². The van der Waals surface area contributed by atoms with E-state index in [1.54, 1.807) is 0 Å². The SMILES string of the molecule is COC(=O)C(Br)CNC(=O)C1(C)CCCC1. The summed E-state index contributed by atoms with van der Waals surface area (Å²) < 4.78 is 4.56. The lowest BCUT2D eigenvalue weighted by Crippen LogP contribution is -2.41.